The Morgan fingerprint density at radius 3 is 2.37 bits per heavy atom. The Bertz CT molecular complexity index is 674. The average molecular weight is 277 g/mol. The summed E-state index contributed by atoms with van der Waals surface area (Å²) in [6.07, 6.45) is 0. The molecule has 0 radical (unpaired) electrons. The van der Waals surface area contributed by atoms with Crippen LogP contribution in [0, 0.1) is 20.8 Å². The Hall–Kier alpha value is -1.88. The van der Waals surface area contributed by atoms with Crippen molar-refractivity contribution in [1.82, 2.24) is 4.57 Å². The van der Waals surface area contributed by atoms with Crippen molar-refractivity contribution in [3.63, 3.8) is 0 Å². The molecule has 100 valence electrons. The molecule has 19 heavy (non-hydrogen) atoms. The van der Waals surface area contributed by atoms with E-state index in [0.717, 1.165) is 33.6 Å². The summed E-state index contributed by atoms with van der Waals surface area (Å²) >= 11 is 1.03. The van der Waals surface area contributed by atoms with E-state index in [-0.39, 0.29) is 11.4 Å². The normalized spacial score (nSPS) is 10.7. The number of carbonyl (C=O) groups is 1. The highest BCUT2D eigenvalue weighted by atomic mass is 32.1. The number of thiazole rings is 1. The van der Waals surface area contributed by atoms with E-state index in [9.17, 15) is 9.59 Å². The monoisotopic (exact) mass is 277 g/mol. The van der Waals surface area contributed by atoms with Crippen LogP contribution >= 0.6 is 11.3 Å². The highest BCUT2D eigenvalue weighted by Crippen LogP contribution is 2.28. The van der Waals surface area contributed by atoms with Crippen LogP contribution in [0.15, 0.2) is 22.3 Å². The topological polar surface area (TPSA) is 59.3 Å². The van der Waals surface area contributed by atoms with Gasteiger partial charge in [-0.1, -0.05) is 29.0 Å². The smallest absolute Gasteiger partial charge is 0.323 e. The number of carboxylic acid groups (broad SMARTS) is 1. The van der Waals surface area contributed by atoms with Gasteiger partial charge < -0.3 is 5.11 Å². The molecule has 0 aliphatic rings. The summed E-state index contributed by atoms with van der Waals surface area (Å²) in [5.74, 6) is -1.01. The summed E-state index contributed by atoms with van der Waals surface area (Å²) in [4.78, 5) is 22.4. The van der Waals surface area contributed by atoms with E-state index < -0.39 is 5.97 Å². The number of aryl methyl sites for hydroxylation is 3. The summed E-state index contributed by atoms with van der Waals surface area (Å²) in [5, 5.41) is 10.6. The first-order valence-electron chi connectivity index (χ1n) is 5.88. The molecule has 0 saturated carbocycles. The Balaban J connectivity index is 2.66. The van der Waals surface area contributed by atoms with Gasteiger partial charge in [-0.3, -0.25) is 14.2 Å². The van der Waals surface area contributed by atoms with E-state index in [2.05, 4.69) is 0 Å². The largest absolute Gasteiger partial charge is 0.480 e. The van der Waals surface area contributed by atoms with Gasteiger partial charge in [-0.05, 0) is 31.9 Å². The molecule has 1 aromatic heterocycles. The minimum Gasteiger partial charge on any atom is -0.480 e. The van der Waals surface area contributed by atoms with E-state index in [0.29, 0.717) is 5.69 Å². The lowest BCUT2D eigenvalue weighted by Crippen LogP contribution is -2.20. The van der Waals surface area contributed by atoms with Gasteiger partial charge in [0.1, 0.15) is 6.54 Å². The molecule has 0 bridgehead atoms. The van der Waals surface area contributed by atoms with Crippen LogP contribution in [0.2, 0.25) is 0 Å². The number of benzene rings is 1. The Labute approximate surface area is 115 Å². The molecule has 0 atom stereocenters. The minimum atomic E-state index is -1.01. The van der Waals surface area contributed by atoms with Crippen molar-refractivity contribution in [2.45, 2.75) is 27.3 Å². The van der Waals surface area contributed by atoms with Crippen molar-refractivity contribution in [3.05, 3.63) is 43.9 Å². The fourth-order valence-electron chi connectivity index (χ4n) is 2.39. The number of rotatable bonds is 3. The van der Waals surface area contributed by atoms with Crippen molar-refractivity contribution in [1.29, 1.82) is 0 Å². The molecule has 1 aromatic carbocycles. The predicted octanol–water partition coefficient (Wildman–Crippen LogP) is 2.59. The van der Waals surface area contributed by atoms with E-state index in [1.165, 1.54) is 4.57 Å². The van der Waals surface area contributed by atoms with Gasteiger partial charge in [0.05, 0.1) is 5.69 Å². The number of hydrogen-bond donors (Lipinski definition) is 1. The lowest BCUT2D eigenvalue weighted by atomic mass is 9.98. The van der Waals surface area contributed by atoms with Gasteiger partial charge in [-0.25, -0.2) is 0 Å². The van der Waals surface area contributed by atoms with Crippen LogP contribution in [0.3, 0.4) is 0 Å². The Kier molecular flexibility index (Phi) is 3.57. The number of hydrogen-bond acceptors (Lipinski definition) is 3. The third-order valence-electron chi connectivity index (χ3n) is 3.01. The molecule has 0 unspecified atom stereocenters. The van der Waals surface area contributed by atoms with Crippen LogP contribution in [-0.4, -0.2) is 15.6 Å². The number of carboxylic acids is 1. The second kappa shape index (κ2) is 5.01. The van der Waals surface area contributed by atoms with Crippen molar-refractivity contribution in [2.75, 3.05) is 0 Å². The van der Waals surface area contributed by atoms with Crippen molar-refractivity contribution in [3.8, 4) is 11.3 Å². The first-order valence-corrected chi connectivity index (χ1v) is 6.76. The van der Waals surface area contributed by atoms with Crippen LogP contribution in [0.25, 0.3) is 11.3 Å². The SMILES string of the molecule is Cc1cc(C)c(-c2csc(=O)n2CC(=O)O)c(C)c1. The molecule has 5 heteroatoms. The zero-order valence-electron chi connectivity index (χ0n) is 11.1. The lowest BCUT2D eigenvalue weighted by molar-refractivity contribution is -0.137. The number of nitrogens with zero attached hydrogens (tertiary/aromatic N) is 1. The summed E-state index contributed by atoms with van der Waals surface area (Å²) < 4.78 is 1.32. The second-order valence-electron chi connectivity index (χ2n) is 4.64. The van der Waals surface area contributed by atoms with Crippen molar-refractivity contribution >= 4 is 17.3 Å². The van der Waals surface area contributed by atoms with Crippen LogP contribution in [0.4, 0.5) is 0 Å². The fourth-order valence-corrected chi connectivity index (χ4v) is 3.14. The van der Waals surface area contributed by atoms with Gasteiger partial charge in [0.15, 0.2) is 0 Å². The summed E-state index contributed by atoms with van der Waals surface area (Å²) in [5.41, 5.74) is 4.89. The van der Waals surface area contributed by atoms with Crippen LogP contribution < -0.4 is 4.87 Å². The van der Waals surface area contributed by atoms with Gasteiger partial charge in [0.25, 0.3) is 0 Å². The third-order valence-corrected chi connectivity index (χ3v) is 3.77. The number of aliphatic carboxylic acids is 1. The van der Waals surface area contributed by atoms with Crippen molar-refractivity contribution in [2.24, 2.45) is 0 Å². The summed E-state index contributed by atoms with van der Waals surface area (Å²) in [7, 11) is 0. The van der Waals surface area contributed by atoms with Gasteiger partial charge >= 0.3 is 10.8 Å². The predicted molar refractivity (Wildman–Crippen MR) is 75.9 cm³/mol. The van der Waals surface area contributed by atoms with E-state index in [1.54, 1.807) is 5.38 Å². The molecular formula is C14H15NO3S. The summed E-state index contributed by atoms with van der Waals surface area (Å²) in [6, 6.07) is 4.07. The molecule has 0 aliphatic heterocycles. The number of aromatic nitrogens is 1. The lowest BCUT2D eigenvalue weighted by Gasteiger charge is -2.12. The average Bonchev–Trinajstić information content (AvgIpc) is 2.59. The zero-order chi connectivity index (χ0) is 14.2. The molecule has 0 saturated heterocycles. The Morgan fingerprint density at radius 1 is 1.26 bits per heavy atom. The van der Waals surface area contributed by atoms with E-state index >= 15 is 0 Å². The third kappa shape index (κ3) is 2.61. The second-order valence-corrected chi connectivity index (χ2v) is 5.46. The van der Waals surface area contributed by atoms with Gasteiger partial charge in [-0.2, -0.15) is 0 Å². The van der Waals surface area contributed by atoms with Crippen LogP contribution in [0.1, 0.15) is 16.7 Å². The first-order chi connectivity index (χ1) is 8.90. The molecule has 0 aliphatic carbocycles. The molecular weight excluding hydrogens is 262 g/mol. The first kappa shape index (κ1) is 13.5. The highest BCUT2D eigenvalue weighted by Gasteiger charge is 2.15. The molecule has 1 heterocycles. The molecule has 0 spiro atoms. The van der Waals surface area contributed by atoms with Crippen LogP contribution in [0.5, 0.6) is 0 Å². The highest BCUT2D eigenvalue weighted by molar-refractivity contribution is 7.07. The molecule has 2 aromatic rings. The maximum Gasteiger partial charge on any atom is 0.323 e. The molecule has 2 rings (SSSR count). The molecule has 0 fully saturated rings. The summed E-state index contributed by atoms with van der Waals surface area (Å²) in [6.45, 7) is 5.66. The van der Waals surface area contributed by atoms with E-state index in [1.807, 2.05) is 32.9 Å². The Morgan fingerprint density at radius 2 is 1.84 bits per heavy atom. The maximum absolute atomic E-state index is 11.8. The van der Waals surface area contributed by atoms with Crippen LogP contribution in [-0.2, 0) is 11.3 Å². The van der Waals surface area contributed by atoms with Gasteiger partial charge in [0.2, 0.25) is 0 Å². The molecule has 4 nitrogen and oxygen atoms in total. The maximum atomic E-state index is 11.8. The van der Waals surface area contributed by atoms with Crippen molar-refractivity contribution < 1.29 is 9.90 Å². The standard InChI is InChI=1S/C14H15NO3S/c1-8-4-9(2)13(10(3)5-8)11-7-19-14(18)15(11)6-12(16)17/h4-5,7H,6H2,1-3H3,(H,16,17). The van der Waals surface area contributed by atoms with Gasteiger partial charge in [-0.15, -0.1) is 0 Å². The minimum absolute atomic E-state index is 0.239. The van der Waals surface area contributed by atoms with E-state index in [4.69, 9.17) is 5.11 Å². The molecule has 1 N–H and O–H groups in total. The quantitative estimate of drug-likeness (QED) is 0.938. The molecule has 0 amide bonds. The zero-order valence-corrected chi connectivity index (χ0v) is 11.9. The van der Waals surface area contributed by atoms with Gasteiger partial charge in [0, 0.05) is 10.9 Å². The fraction of sp³-hybridized carbons (Fsp3) is 0.286.